The lowest BCUT2D eigenvalue weighted by molar-refractivity contribution is 0.499. The molecular formula is C12H16Cl2Si. The van der Waals surface area contributed by atoms with Crippen molar-refractivity contribution in [3.8, 4) is 0 Å². The lowest BCUT2D eigenvalue weighted by atomic mass is 10.0. The zero-order valence-electron chi connectivity index (χ0n) is 8.76. The van der Waals surface area contributed by atoms with Crippen LogP contribution in [0.5, 0.6) is 0 Å². The number of halogens is 2. The Hall–Kier alpha value is 0.0169. The molecule has 2 rings (SSSR count). The van der Waals surface area contributed by atoms with E-state index in [1.807, 2.05) is 18.2 Å². The predicted molar refractivity (Wildman–Crippen MR) is 70.4 cm³/mol. The van der Waals surface area contributed by atoms with E-state index in [0.717, 1.165) is 0 Å². The molecule has 0 unspecified atom stereocenters. The van der Waals surface area contributed by atoms with Gasteiger partial charge in [-0.05, 0) is 10.7 Å². The minimum Gasteiger partial charge on any atom is -0.139 e. The molecule has 0 atom stereocenters. The topological polar surface area (TPSA) is 0 Å². The first kappa shape index (κ1) is 11.5. The molecule has 1 aromatic carbocycles. The molecule has 0 amide bonds. The second-order valence-corrected chi connectivity index (χ2v) is 11.1. The third kappa shape index (κ3) is 2.58. The van der Waals surface area contributed by atoms with Crippen molar-refractivity contribution in [2.45, 2.75) is 37.6 Å². The van der Waals surface area contributed by atoms with E-state index in [0.29, 0.717) is 5.54 Å². The van der Waals surface area contributed by atoms with Crippen LogP contribution in [0, 0.1) is 0 Å². The molecule has 1 fully saturated rings. The van der Waals surface area contributed by atoms with Crippen LogP contribution in [-0.2, 0) is 0 Å². The molecule has 0 nitrogen and oxygen atoms in total. The zero-order chi connectivity index (χ0) is 10.7. The molecule has 0 bridgehead atoms. The van der Waals surface area contributed by atoms with Crippen LogP contribution >= 0.6 is 22.2 Å². The maximum atomic E-state index is 6.64. The smallest absolute Gasteiger partial charge is 0.139 e. The molecule has 3 heteroatoms. The van der Waals surface area contributed by atoms with E-state index in [1.165, 1.54) is 37.3 Å². The average Bonchev–Trinajstić information content (AvgIpc) is 2.31. The summed E-state index contributed by atoms with van der Waals surface area (Å²) in [6, 6.07) is 10.2. The van der Waals surface area contributed by atoms with E-state index >= 15 is 0 Å². The Bertz CT molecular complexity index is 305. The summed E-state index contributed by atoms with van der Waals surface area (Å²) >= 11 is 13.3. The predicted octanol–water partition coefficient (Wildman–Crippen LogP) is 4.15. The van der Waals surface area contributed by atoms with Crippen molar-refractivity contribution in [1.29, 1.82) is 0 Å². The van der Waals surface area contributed by atoms with Crippen molar-refractivity contribution >= 4 is 34.0 Å². The summed E-state index contributed by atoms with van der Waals surface area (Å²) in [5.41, 5.74) is 0.553. The molecule has 0 radical (unpaired) electrons. The molecule has 1 aliphatic rings. The first-order valence-corrected chi connectivity index (χ1v) is 9.74. The highest BCUT2D eigenvalue weighted by Gasteiger charge is 2.40. The van der Waals surface area contributed by atoms with Crippen molar-refractivity contribution in [3.63, 3.8) is 0 Å². The van der Waals surface area contributed by atoms with E-state index in [4.69, 9.17) is 22.2 Å². The fraction of sp³-hybridized carbons (Fsp3) is 0.500. The summed E-state index contributed by atoms with van der Waals surface area (Å²) in [5.74, 6) is 0. The molecule has 0 heterocycles. The maximum absolute atomic E-state index is 6.64. The Morgan fingerprint density at radius 2 is 1.53 bits per heavy atom. The molecule has 0 aromatic heterocycles. The number of hydrogen-bond acceptors (Lipinski definition) is 0. The lowest BCUT2D eigenvalue weighted by Crippen LogP contribution is -2.42. The maximum Gasteiger partial charge on any atom is 0.283 e. The third-order valence-electron chi connectivity index (χ3n) is 3.28. The average molecular weight is 259 g/mol. The number of hydrogen-bond donors (Lipinski definition) is 0. The molecule has 1 saturated carbocycles. The quantitative estimate of drug-likeness (QED) is 0.553. The summed E-state index contributed by atoms with van der Waals surface area (Å²) < 4.78 is 0. The van der Waals surface area contributed by atoms with E-state index < -0.39 is 6.69 Å². The molecule has 0 saturated heterocycles. The highest BCUT2D eigenvalue weighted by atomic mass is 35.7. The van der Waals surface area contributed by atoms with E-state index in [2.05, 4.69) is 12.1 Å². The van der Waals surface area contributed by atoms with Crippen molar-refractivity contribution < 1.29 is 0 Å². The molecule has 0 N–H and O–H groups in total. The van der Waals surface area contributed by atoms with Gasteiger partial charge in [-0.15, -0.1) is 22.2 Å². The van der Waals surface area contributed by atoms with Gasteiger partial charge in [0.15, 0.2) is 0 Å². The van der Waals surface area contributed by atoms with Crippen LogP contribution in [0.3, 0.4) is 0 Å². The van der Waals surface area contributed by atoms with Gasteiger partial charge >= 0.3 is 0 Å². The normalized spacial score (nSPS) is 19.1. The van der Waals surface area contributed by atoms with Gasteiger partial charge in [0, 0.05) is 0 Å². The van der Waals surface area contributed by atoms with Crippen LogP contribution in [-0.4, -0.2) is 6.69 Å². The summed E-state index contributed by atoms with van der Waals surface area (Å²) in [6.45, 7) is -2.23. The van der Waals surface area contributed by atoms with Gasteiger partial charge in [-0.1, -0.05) is 62.4 Å². The summed E-state index contributed by atoms with van der Waals surface area (Å²) in [4.78, 5) is 0. The molecule has 0 spiro atoms. The minimum atomic E-state index is -2.23. The van der Waals surface area contributed by atoms with Crippen LogP contribution in [0.25, 0.3) is 0 Å². The van der Waals surface area contributed by atoms with Crippen LogP contribution in [0.4, 0.5) is 0 Å². The molecule has 1 aliphatic carbocycles. The van der Waals surface area contributed by atoms with Crippen LogP contribution < -0.4 is 5.19 Å². The zero-order valence-corrected chi connectivity index (χ0v) is 11.3. The van der Waals surface area contributed by atoms with Crippen LogP contribution in [0.2, 0.25) is 5.54 Å². The minimum absolute atomic E-state index is 0.553. The van der Waals surface area contributed by atoms with Crippen LogP contribution in [0.15, 0.2) is 30.3 Å². The van der Waals surface area contributed by atoms with Crippen LogP contribution in [0.1, 0.15) is 32.1 Å². The Morgan fingerprint density at radius 1 is 0.933 bits per heavy atom. The van der Waals surface area contributed by atoms with Crippen molar-refractivity contribution in [1.82, 2.24) is 0 Å². The monoisotopic (exact) mass is 258 g/mol. The van der Waals surface area contributed by atoms with Crippen molar-refractivity contribution in [2.75, 3.05) is 0 Å². The largest absolute Gasteiger partial charge is 0.283 e. The van der Waals surface area contributed by atoms with Gasteiger partial charge in [-0.25, -0.2) is 0 Å². The van der Waals surface area contributed by atoms with Gasteiger partial charge < -0.3 is 0 Å². The Balaban J connectivity index is 2.18. The second-order valence-electron chi connectivity index (χ2n) is 4.32. The first-order chi connectivity index (χ1) is 7.21. The van der Waals surface area contributed by atoms with Gasteiger partial charge in [-0.3, -0.25) is 0 Å². The molecular weight excluding hydrogens is 243 g/mol. The SMILES string of the molecule is Cl[Si](Cl)(c1ccccc1)C1CCCCC1. The standard InChI is InChI=1S/C12H16Cl2Si/c13-15(14,11-7-3-1-4-8-11)12-9-5-2-6-10-12/h1,3-4,7-8,12H,2,5-6,9-10H2. The van der Waals surface area contributed by atoms with Crippen molar-refractivity contribution in [2.24, 2.45) is 0 Å². The van der Waals surface area contributed by atoms with E-state index in [1.54, 1.807) is 0 Å². The third-order valence-corrected chi connectivity index (χ3v) is 9.14. The Morgan fingerprint density at radius 3 is 2.13 bits per heavy atom. The highest BCUT2D eigenvalue weighted by molar-refractivity contribution is 7.51. The molecule has 15 heavy (non-hydrogen) atoms. The lowest BCUT2D eigenvalue weighted by Gasteiger charge is -2.30. The highest BCUT2D eigenvalue weighted by Crippen LogP contribution is 2.40. The molecule has 0 aliphatic heterocycles. The Labute approximate surface area is 102 Å². The fourth-order valence-electron chi connectivity index (χ4n) is 2.36. The van der Waals surface area contributed by atoms with Gasteiger partial charge in [0.05, 0.1) is 0 Å². The Kier molecular flexibility index (Phi) is 3.76. The number of rotatable bonds is 2. The fourth-order valence-corrected chi connectivity index (χ4v) is 6.67. The van der Waals surface area contributed by atoms with Gasteiger partial charge in [0.2, 0.25) is 0 Å². The van der Waals surface area contributed by atoms with E-state index in [9.17, 15) is 0 Å². The summed E-state index contributed by atoms with van der Waals surface area (Å²) in [6.07, 6.45) is 6.38. The molecule has 1 aromatic rings. The van der Waals surface area contributed by atoms with Gasteiger partial charge in [0.1, 0.15) is 0 Å². The number of benzene rings is 1. The second kappa shape index (κ2) is 4.90. The van der Waals surface area contributed by atoms with Gasteiger partial charge in [0.25, 0.3) is 6.69 Å². The van der Waals surface area contributed by atoms with Gasteiger partial charge in [-0.2, -0.15) is 0 Å². The summed E-state index contributed by atoms with van der Waals surface area (Å²) in [5, 5.41) is 1.18. The molecule has 82 valence electrons. The summed E-state index contributed by atoms with van der Waals surface area (Å²) in [7, 11) is 0. The van der Waals surface area contributed by atoms with Crippen molar-refractivity contribution in [3.05, 3.63) is 30.3 Å². The van der Waals surface area contributed by atoms with E-state index in [-0.39, 0.29) is 0 Å². The first-order valence-electron chi connectivity index (χ1n) is 5.64.